The largest absolute Gasteiger partial charge is 0.505 e. The molecule has 3 heteroatoms. The van der Waals surface area contributed by atoms with E-state index in [0.29, 0.717) is 5.76 Å². The Hall–Kier alpha value is -1.35. The van der Waals surface area contributed by atoms with Crippen LogP contribution >= 0.6 is 11.8 Å². The molecule has 1 aliphatic carbocycles. The van der Waals surface area contributed by atoms with Crippen molar-refractivity contribution in [2.75, 3.05) is 7.05 Å². The number of rotatable bonds is 1. The molecule has 1 heterocycles. The lowest BCUT2D eigenvalue weighted by atomic mass is 10.2. The van der Waals surface area contributed by atoms with Gasteiger partial charge in [0.05, 0.1) is 0 Å². The maximum Gasteiger partial charge on any atom is 0.153 e. The van der Waals surface area contributed by atoms with Gasteiger partial charge in [0, 0.05) is 23.2 Å². The van der Waals surface area contributed by atoms with E-state index < -0.39 is 0 Å². The van der Waals surface area contributed by atoms with E-state index >= 15 is 0 Å². The van der Waals surface area contributed by atoms with Crippen molar-refractivity contribution in [3.63, 3.8) is 0 Å². The minimum atomic E-state index is 0.404. The molecule has 0 spiro atoms. The summed E-state index contributed by atoms with van der Waals surface area (Å²) in [7, 11) is 2.08. The van der Waals surface area contributed by atoms with Crippen LogP contribution in [0.5, 0.6) is 0 Å². The normalized spacial score (nSPS) is 22.3. The molecule has 1 aliphatic heterocycles. The summed E-state index contributed by atoms with van der Waals surface area (Å²) < 4.78 is 0. The number of allylic oxidation sites excluding steroid dienone is 2. The highest BCUT2D eigenvalue weighted by molar-refractivity contribution is 8.07. The van der Waals surface area contributed by atoms with Gasteiger partial charge in [-0.25, -0.2) is 0 Å². The van der Waals surface area contributed by atoms with Gasteiger partial charge in [-0.2, -0.15) is 0 Å². The average molecular weight is 273 g/mol. The molecule has 3 rings (SSSR count). The standard InChI is InChI=1S/C16H19NOS/c1-17-13-10-6-3-7-11-14(13)19-16(17)15(18)12-8-4-2-5-9-12/h2,4-5,8-9,18H,3,6-7,10-11H2,1H3/b16-15-. The van der Waals surface area contributed by atoms with Crippen molar-refractivity contribution < 1.29 is 5.11 Å². The van der Waals surface area contributed by atoms with E-state index in [-0.39, 0.29) is 0 Å². The van der Waals surface area contributed by atoms with E-state index in [9.17, 15) is 5.11 Å². The fourth-order valence-electron chi connectivity index (χ4n) is 2.74. The van der Waals surface area contributed by atoms with Gasteiger partial charge in [0.25, 0.3) is 0 Å². The lowest BCUT2D eigenvalue weighted by Crippen LogP contribution is -2.12. The van der Waals surface area contributed by atoms with Crippen LogP contribution in [0.4, 0.5) is 0 Å². The Morgan fingerprint density at radius 3 is 2.63 bits per heavy atom. The van der Waals surface area contributed by atoms with Crippen LogP contribution in [0, 0.1) is 0 Å². The van der Waals surface area contributed by atoms with Gasteiger partial charge in [-0.05, 0) is 25.7 Å². The molecule has 0 bridgehead atoms. The topological polar surface area (TPSA) is 23.5 Å². The summed E-state index contributed by atoms with van der Waals surface area (Å²) in [6, 6.07) is 9.81. The molecule has 0 amide bonds. The fourth-order valence-corrected chi connectivity index (χ4v) is 4.04. The molecule has 0 atom stereocenters. The Labute approximate surface area is 118 Å². The molecular formula is C16H19NOS. The monoisotopic (exact) mass is 273 g/mol. The van der Waals surface area contributed by atoms with Gasteiger partial charge in [0.1, 0.15) is 5.03 Å². The summed E-state index contributed by atoms with van der Waals surface area (Å²) >= 11 is 1.75. The molecule has 2 aliphatic rings. The van der Waals surface area contributed by atoms with Crippen molar-refractivity contribution in [1.82, 2.24) is 4.90 Å². The van der Waals surface area contributed by atoms with Crippen molar-refractivity contribution in [3.05, 3.63) is 51.5 Å². The summed E-state index contributed by atoms with van der Waals surface area (Å²) in [4.78, 5) is 3.64. The minimum Gasteiger partial charge on any atom is -0.505 e. The summed E-state index contributed by atoms with van der Waals surface area (Å²) in [6.45, 7) is 0. The van der Waals surface area contributed by atoms with Crippen LogP contribution in [0.15, 0.2) is 46.0 Å². The van der Waals surface area contributed by atoms with Crippen LogP contribution < -0.4 is 0 Å². The molecule has 2 nitrogen and oxygen atoms in total. The first-order valence-corrected chi connectivity index (χ1v) is 7.71. The Balaban J connectivity index is 1.93. The number of hydrogen-bond donors (Lipinski definition) is 1. The van der Waals surface area contributed by atoms with Crippen molar-refractivity contribution in [2.45, 2.75) is 32.1 Å². The van der Waals surface area contributed by atoms with Crippen LogP contribution in [0.2, 0.25) is 0 Å². The zero-order chi connectivity index (χ0) is 13.2. The van der Waals surface area contributed by atoms with Gasteiger partial charge >= 0.3 is 0 Å². The highest BCUT2D eigenvalue weighted by Crippen LogP contribution is 2.47. The third kappa shape index (κ3) is 2.39. The first kappa shape index (κ1) is 12.7. The lowest BCUT2D eigenvalue weighted by molar-refractivity contribution is 0.469. The van der Waals surface area contributed by atoms with Crippen LogP contribution in [0.1, 0.15) is 37.7 Å². The smallest absolute Gasteiger partial charge is 0.153 e. The predicted molar refractivity (Wildman–Crippen MR) is 81.5 cm³/mol. The number of thioether (sulfide) groups is 1. The number of aliphatic hydroxyl groups excluding tert-OH is 1. The van der Waals surface area contributed by atoms with Gasteiger partial charge in [0.2, 0.25) is 0 Å². The molecule has 1 aromatic rings. The zero-order valence-corrected chi connectivity index (χ0v) is 12.0. The lowest BCUT2D eigenvalue weighted by Gasteiger charge is -2.18. The van der Waals surface area contributed by atoms with Crippen LogP contribution in [0.25, 0.3) is 5.76 Å². The van der Waals surface area contributed by atoms with E-state index in [2.05, 4.69) is 11.9 Å². The molecule has 0 aromatic heterocycles. The second-order valence-corrected chi connectivity index (χ2v) is 6.20. The summed E-state index contributed by atoms with van der Waals surface area (Å²) in [6.07, 6.45) is 6.17. The summed E-state index contributed by atoms with van der Waals surface area (Å²) in [5.41, 5.74) is 2.31. The molecule has 0 unspecified atom stereocenters. The Kier molecular flexibility index (Phi) is 3.56. The minimum absolute atomic E-state index is 0.404. The highest BCUT2D eigenvalue weighted by atomic mass is 32.2. The first-order valence-electron chi connectivity index (χ1n) is 6.89. The van der Waals surface area contributed by atoms with Gasteiger partial charge in [-0.3, -0.25) is 0 Å². The molecule has 0 saturated carbocycles. The number of hydrogen-bond acceptors (Lipinski definition) is 3. The quantitative estimate of drug-likeness (QED) is 0.749. The highest BCUT2D eigenvalue weighted by Gasteiger charge is 2.28. The number of nitrogens with zero attached hydrogens (tertiary/aromatic N) is 1. The summed E-state index contributed by atoms with van der Waals surface area (Å²) in [5.74, 6) is 0.404. The first-order chi connectivity index (χ1) is 9.27. The SMILES string of the molecule is CN1C2=C(CCCCC2)S/C1=C(\O)c1ccccc1. The predicted octanol–water partition coefficient (Wildman–Crippen LogP) is 4.73. The summed E-state index contributed by atoms with van der Waals surface area (Å²) in [5, 5.41) is 11.5. The zero-order valence-electron chi connectivity index (χ0n) is 11.2. The Bertz CT molecular complexity index is 533. The second kappa shape index (κ2) is 5.33. The van der Waals surface area contributed by atoms with E-state index in [0.717, 1.165) is 23.4 Å². The van der Waals surface area contributed by atoms with Crippen LogP contribution in [-0.2, 0) is 0 Å². The molecule has 0 saturated heterocycles. The molecule has 1 aromatic carbocycles. The van der Waals surface area contributed by atoms with Gasteiger partial charge < -0.3 is 10.0 Å². The second-order valence-electron chi connectivity index (χ2n) is 5.11. The van der Waals surface area contributed by atoms with E-state index in [1.165, 1.54) is 29.9 Å². The molecular weight excluding hydrogens is 254 g/mol. The van der Waals surface area contributed by atoms with E-state index in [1.54, 1.807) is 11.8 Å². The van der Waals surface area contributed by atoms with Crippen LogP contribution in [-0.4, -0.2) is 17.1 Å². The maximum absolute atomic E-state index is 10.5. The van der Waals surface area contributed by atoms with Gasteiger partial charge in [-0.15, -0.1) is 0 Å². The van der Waals surface area contributed by atoms with Crippen molar-refractivity contribution in [3.8, 4) is 0 Å². The van der Waals surface area contributed by atoms with Crippen LogP contribution in [0.3, 0.4) is 0 Å². The molecule has 19 heavy (non-hydrogen) atoms. The molecule has 0 fully saturated rings. The van der Waals surface area contributed by atoms with Crippen molar-refractivity contribution in [2.24, 2.45) is 0 Å². The Morgan fingerprint density at radius 2 is 1.84 bits per heavy atom. The van der Waals surface area contributed by atoms with E-state index in [4.69, 9.17) is 0 Å². The number of aliphatic hydroxyl groups is 1. The third-order valence-electron chi connectivity index (χ3n) is 3.82. The maximum atomic E-state index is 10.5. The average Bonchev–Trinajstić information content (AvgIpc) is 2.64. The fraction of sp³-hybridized carbons (Fsp3) is 0.375. The van der Waals surface area contributed by atoms with Crippen molar-refractivity contribution in [1.29, 1.82) is 0 Å². The molecule has 0 radical (unpaired) electrons. The number of benzene rings is 1. The Morgan fingerprint density at radius 1 is 1.11 bits per heavy atom. The molecule has 100 valence electrons. The van der Waals surface area contributed by atoms with Crippen molar-refractivity contribution >= 4 is 17.5 Å². The van der Waals surface area contributed by atoms with Gasteiger partial charge in [0.15, 0.2) is 5.76 Å². The van der Waals surface area contributed by atoms with E-state index in [1.807, 2.05) is 30.3 Å². The molecule has 1 N–H and O–H groups in total. The van der Waals surface area contributed by atoms with Gasteiger partial charge in [-0.1, -0.05) is 48.5 Å². The third-order valence-corrected chi connectivity index (χ3v) is 5.17.